The zero-order chi connectivity index (χ0) is 13.2. The third-order valence-electron chi connectivity index (χ3n) is 3.25. The largest absolute Gasteiger partial charge is 0.334 e. The maximum Gasteiger partial charge on any atom is 0.255 e. The van der Waals surface area contributed by atoms with Crippen molar-refractivity contribution in [2.24, 2.45) is 0 Å². The van der Waals surface area contributed by atoms with Crippen molar-refractivity contribution in [1.29, 1.82) is 0 Å². The van der Waals surface area contributed by atoms with E-state index in [9.17, 15) is 4.79 Å². The van der Waals surface area contributed by atoms with Gasteiger partial charge in [0.05, 0.1) is 10.6 Å². The molecule has 0 spiro atoms. The van der Waals surface area contributed by atoms with E-state index in [0.29, 0.717) is 23.7 Å². The second-order valence-electron chi connectivity index (χ2n) is 4.44. The van der Waals surface area contributed by atoms with Crippen molar-refractivity contribution >= 4 is 17.5 Å². The minimum absolute atomic E-state index is 0.0538. The summed E-state index contributed by atoms with van der Waals surface area (Å²) in [5.41, 5.74) is 2.68. The second-order valence-corrected chi connectivity index (χ2v) is 4.85. The topological polar surface area (TPSA) is 46.1 Å². The molecule has 0 atom stereocenters. The van der Waals surface area contributed by atoms with Gasteiger partial charge in [-0.15, -0.1) is 0 Å². The molecular formula is C14H12ClN3O. The van der Waals surface area contributed by atoms with Gasteiger partial charge < -0.3 is 4.90 Å². The van der Waals surface area contributed by atoms with E-state index >= 15 is 0 Å². The highest BCUT2D eigenvalue weighted by molar-refractivity contribution is 6.33. The van der Waals surface area contributed by atoms with Gasteiger partial charge in [0, 0.05) is 43.8 Å². The van der Waals surface area contributed by atoms with Gasteiger partial charge in [0.2, 0.25) is 0 Å². The zero-order valence-electron chi connectivity index (χ0n) is 10.2. The third-order valence-corrected chi connectivity index (χ3v) is 3.56. The molecule has 5 heteroatoms. The van der Waals surface area contributed by atoms with E-state index in [1.807, 2.05) is 12.1 Å². The van der Waals surface area contributed by atoms with E-state index < -0.39 is 0 Å². The smallest absolute Gasteiger partial charge is 0.255 e. The van der Waals surface area contributed by atoms with Gasteiger partial charge in [-0.05, 0) is 17.7 Å². The molecule has 0 radical (unpaired) electrons. The summed E-state index contributed by atoms with van der Waals surface area (Å²) in [6, 6.07) is 5.56. The molecule has 96 valence electrons. The third kappa shape index (κ3) is 2.31. The molecule has 1 amide bonds. The quantitative estimate of drug-likeness (QED) is 0.801. The molecule has 3 rings (SSSR count). The number of hydrogen-bond donors (Lipinski definition) is 0. The summed E-state index contributed by atoms with van der Waals surface area (Å²) in [5.74, 6) is -0.0538. The Morgan fingerprint density at radius 2 is 2.21 bits per heavy atom. The summed E-state index contributed by atoms with van der Waals surface area (Å²) in [6.45, 7) is 1.25. The number of aromatic nitrogens is 2. The lowest BCUT2D eigenvalue weighted by Crippen LogP contribution is -2.36. The number of rotatable bonds is 1. The first kappa shape index (κ1) is 12.1. The van der Waals surface area contributed by atoms with Crippen molar-refractivity contribution in [2.75, 3.05) is 6.54 Å². The lowest BCUT2D eigenvalue weighted by Gasteiger charge is -2.28. The summed E-state index contributed by atoms with van der Waals surface area (Å²) in [6.07, 6.45) is 5.65. The van der Waals surface area contributed by atoms with E-state index in [1.54, 1.807) is 23.4 Å². The average molecular weight is 274 g/mol. The van der Waals surface area contributed by atoms with E-state index in [0.717, 1.165) is 17.7 Å². The summed E-state index contributed by atoms with van der Waals surface area (Å²) in [4.78, 5) is 22.4. The van der Waals surface area contributed by atoms with Crippen LogP contribution in [-0.2, 0) is 13.0 Å². The molecule has 0 aromatic carbocycles. The zero-order valence-corrected chi connectivity index (χ0v) is 11.0. The molecule has 0 bridgehead atoms. The average Bonchev–Trinajstić information content (AvgIpc) is 2.46. The molecular weight excluding hydrogens is 262 g/mol. The van der Waals surface area contributed by atoms with Crippen LogP contribution in [-0.4, -0.2) is 27.3 Å². The number of fused-ring (bicyclic) bond motifs is 1. The maximum atomic E-state index is 12.4. The molecule has 0 saturated carbocycles. The van der Waals surface area contributed by atoms with Crippen LogP contribution < -0.4 is 0 Å². The fraction of sp³-hybridized carbons (Fsp3) is 0.214. The van der Waals surface area contributed by atoms with Gasteiger partial charge in [0.15, 0.2) is 0 Å². The van der Waals surface area contributed by atoms with Crippen molar-refractivity contribution < 1.29 is 4.79 Å². The normalized spacial score (nSPS) is 14.1. The molecule has 3 heterocycles. The van der Waals surface area contributed by atoms with Crippen LogP contribution in [0.25, 0.3) is 0 Å². The first-order valence-electron chi connectivity index (χ1n) is 6.07. The van der Waals surface area contributed by atoms with E-state index in [1.165, 1.54) is 6.20 Å². The van der Waals surface area contributed by atoms with Crippen molar-refractivity contribution in [3.8, 4) is 0 Å². The molecule has 0 aliphatic carbocycles. The molecule has 1 aliphatic rings. The number of pyridine rings is 2. The van der Waals surface area contributed by atoms with Gasteiger partial charge in [0.25, 0.3) is 5.91 Å². The number of hydrogen-bond acceptors (Lipinski definition) is 3. The summed E-state index contributed by atoms with van der Waals surface area (Å²) >= 11 is 6.02. The predicted octanol–water partition coefficient (Wildman–Crippen LogP) is 2.33. The Kier molecular flexibility index (Phi) is 3.17. The SMILES string of the molecule is O=C(c1ccncc1Cl)N1CCc2ncccc2C1. The van der Waals surface area contributed by atoms with E-state index in [-0.39, 0.29) is 5.91 Å². The molecule has 0 N–H and O–H groups in total. The Labute approximate surface area is 116 Å². The van der Waals surface area contributed by atoms with Gasteiger partial charge >= 0.3 is 0 Å². The Morgan fingerprint density at radius 3 is 3.05 bits per heavy atom. The molecule has 0 fully saturated rings. The molecule has 2 aromatic heterocycles. The summed E-state index contributed by atoms with van der Waals surface area (Å²) < 4.78 is 0. The van der Waals surface area contributed by atoms with Gasteiger partial charge in [-0.3, -0.25) is 14.8 Å². The number of amides is 1. The van der Waals surface area contributed by atoms with Gasteiger partial charge in [-0.2, -0.15) is 0 Å². The monoisotopic (exact) mass is 273 g/mol. The predicted molar refractivity (Wildman–Crippen MR) is 71.9 cm³/mol. The number of halogens is 1. The fourth-order valence-corrected chi connectivity index (χ4v) is 2.46. The maximum absolute atomic E-state index is 12.4. The van der Waals surface area contributed by atoms with Crippen molar-refractivity contribution in [1.82, 2.24) is 14.9 Å². The van der Waals surface area contributed by atoms with Crippen LogP contribution >= 0.6 is 11.6 Å². The Bertz CT molecular complexity index is 630. The standard InChI is InChI=1S/C14H12ClN3O/c15-12-8-16-6-3-11(12)14(19)18-7-4-13-10(9-18)2-1-5-17-13/h1-3,5-6,8H,4,7,9H2. The van der Waals surface area contributed by atoms with Crippen molar-refractivity contribution in [3.63, 3.8) is 0 Å². The fourth-order valence-electron chi connectivity index (χ4n) is 2.26. The summed E-state index contributed by atoms with van der Waals surface area (Å²) in [7, 11) is 0. The van der Waals surface area contributed by atoms with Gasteiger partial charge in [0.1, 0.15) is 0 Å². The molecule has 0 saturated heterocycles. The van der Waals surface area contributed by atoms with Crippen LogP contribution in [0.1, 0.15) is 21.6 Å². The minimum Gasteiger partial charge on any atom is -0.334 e. The minimum atomic E-state index is -0.0538. The Morgan fingerprint density at radius 1 is 1.32 bits per heavy atom. The van der Waals surface area contributed by atoms with E-state index in [2.05, 4.69) is 9.97 Å². The molecule has 2 aromatic rings. The van der Waals surface area contributed by atoms with Crippen molar-refractivity contribution in [3.05, 3.63) is 58.6 Å². The Balaban J connectivity index is 1.86. The van der Waals surface area contributed by atoms with E-state index in [4.69, 9.17) is 11.6 Å². The highest BCUT2D eigenvalue weighted by atomic mass is 35.5. The van der Waals surface area contributed by atoms with Crippen LogP contribution in [0.5, 0.6) is 0 Å². The van der Waals surface area contributed by atoms with Crippen LogP contribution in [0.2, 0.25) is 5.02 Å². The van der Waals surface area contributed by atoms with Crippen LogP contribution in [0.4, 0.5) is 0 Å². The molecule has 19 heavy (non-hydrogen) atoms. The first-order valence-corrected chi connectivity index (χ1v) is 6.45. The summed E-state index contributed by atoms with van der Waals surface area (Å²) in [5, 5.41) is 0.393. The van der Waals surface area contributed by atoms with Crippen molar-refractivity contribution in [2.45, 2.75) is 13.0 Å². The van der Waals surface area contributed by atoms with Gasteiger partial charge in [-0.1, -0.05) is 17.7 Å². The number of carbonyl (C=O) groups is 1. The second kappa shape index (κ2) is 4.97. The lowest BCUT2D eigenvalue weighted by atomic mass is 10.0. The highest BCUT2D eigenvalue weighted by Gasteiger charge is 2.23. The Hall–Kier alpha value is -1.94. The first-order chi connectivity index (χ1) is 9.25. The van der Waals surface area contributed by atoms with Crippen LogP contribution in [0.15, 0.2) is 36.8 Å². The van der Waals surface area contributed by atoms with Crippen LogP contribution in [0.3, 0.4) is 0 Å². The molecule has 1 aliphatic heterocycles. The van der Waals surface area contributed by atoms with Gasteiger partial charge in [-0.25, -0.2) is 0 Å². The number of nitrogens with zero attached hydrogens (tertiary/aromatic N) is 3. The molecule has 4 nitrogen and oxygen atoms in total. The highest BCUT2D eigenvalue weighted by Crippen LogP contribution is 2.21. The lowest BCUT2D eigenvalue weighted by molar-refractivity contribution is 0.0733. The number of carbonyl (C=O) groups excluding carboxylic acids is 1. The van der Waals surface area contributed by atoms with Crippen LogP contribution in [0, 0.1) is 0 Å². The molecule has 0 unspecified atom stereocenters.